The minimum absolute atomic E-state index is 0.0610. The Bertz CT molecular complexity index is 1110. The number of nitrogens with one attached hydrogen (secondary N) is 1. The van der Waals surface area contributed by atoms with E-state index >= 15 is 0 Å². The molecule has 0 fully saturated rings. The van der Waals surface area contributed by atoms with Gasteiger partial charge in [0, 0.05) is 30.4 Å². The number of carbonyl (C=O) groups is 2. The van der Waals surface area contributed by atoms with Crippen LogP contribution in [0.2, 0.25) is 5.15 Å². The molecule has 29 heavy (non-hydrogen) atoms. The average Bonchev–Trinajstić information content (AvgIpc) is 2.85. The highest BCUT2D eigenvalue weighted by atomic mass is 35.5. The van der Waals surface area contributed by atoms with E-state index in [9.17, 15) is 9.59 Å². The zero-order chi connectivity index (χ0) is 20.4. The van der Waals surface area contributed by atoms with Crippen LogP contribution in [0.5, 0.6) is 0 Å². The fraction of sp³-hybridized carbons (Fsp3) is 0.143. The smallest absolute Gasteiger partial charge is 0.261 e. The summed E-state index contributed by atoms with van der Waals surface area (Å²) in [4.78, 5) is 36.3. The first-order valence-corrected chi connectivity index (χ1v) is 10.2. The van der Waals surface area contributed by atoms with Crippen LogP contribution in [-0.4, -0.2) is 28.3 Å². The molecule has 0 unspecified atom stereocenters. The molecule has 4 rings (SSSR count). The van der Waals surface area contributed by atoms with Crippen molar-refractivity contribution < 1.29 is 9.59 Å². The van der Waals surface area contributed by atoms with Crippen molar-refractivity contribution in [2.75, 3.05) is 11.4 Å². The van der Waals surface area contributed by atoms with E-state index in [0.29, 0.717) is 29.2 Å². The third-order valence-corrected chi connectivity index (χ3v) is 5.91. The molecule has 146 valence electrons. The lowest BCUT2D eigenvalue weighted by Gasteiger charge is -2.21. The van der Waals surface area contributed by atoms with Crippen LogP contribution in [-0.2, 0) is 6.54 Å². The van der Waals surface area contributed by atoms with E-state index in [1.54, 1.807) is 35.4 Å². The van der Waals surface area contributed by atoms with Crippen LogP contribution in [0.4, 0.5) is 5.69 Å². The maximum atomic E-state index is 12.9. The maximum absolute atomic E-state index is 12.9. The number of hydrogen-bond donors (Lipinski definition) is 1. The highest BCUT2D eigenvalue weighted by molar-refractivity contribution is 7.99. The van der Waals surface area contributed by atoms with Gasteiger partial charge in [-0.05, 0) is 48.9 Å². The molecule has 0 bridgehead atoms. The largest absolute Gasteiger partial charge is 0.348 e. The van der Waals surface area contributed by atoms with Crippen molar-refractivity contribution in [2.45, 2.75) is 23.4 Å². The van der Waals surface area contributed by atoms with Gasteiger partial charge in [0.15, 0.2) is 0 Å². The number of amides is 2. The summed E-state index contributed by atoms with van der Waals surface area (Å²) in [7, 11) is 0. The van der Waals surface area contributed by atoms with Crippen molar-refractivity contribution in [2.24, 2.45) is 0 Å². The lowest BCUT2D eigenvalue weighted by Crippen LogP contribution is -2.30. The molecule has 2 aromatic heterocycles. The second kappa shape index (κ2) is 8.23. The number of rotatable bonds is 4. The van der Waals surface area contributed by atoms with E-state index < -0.39 is 0 Å². The summed E-state index contributed by atoms with van der Waals surface area (Å²) < 4.78 is 0. The van der Waals surface area contributed by atoms with Crippen molar-refractivity contribution in [1.82, 2.24) is 15.3 Å². The maximum Gasteiger partial charge on any atom is 0.261 e. The Morgan fingerprint density at radius 2 is 1.97 bits per heavy atom. The summed E-state index contributed by atoms with van der Waals surface area (Å²) in [6, 6.07) is 12.7. The van der Waals surface area contributed by atoms with Gasteiger partial charge in [-0.2, -0.15) is 0 Å². The lowest BCUT2D eigenvalue weighted by atomic mass is 10.1. The molecule has 3 aromatic rings. The van der Waals surface area contributed by atoms with Gasteiger partial charge in [0.1, 0.15) is 10.2 Å². The summed E-state index contributed by atoms with van der Waals surface area (Å²) >= 11 is 7.44. The van der Waals surface area contributed by atoms with Gasteiger partial charge in [-0.25, -0.2) is 9.97 Å². The molecule has 0 saturated carbocycles. The molecule has 0 saturated heterocycles. The molecule has 8 heteroatoms. The number of pyridine rings is 2. The van der Waals surface area contributed by atoms with Gasteiger partial charge in [-0.3, -0.25) is 9.59 Å². The van der Waals surface area contributed by atoms with E-state index in [2.05, 4.69) is 15.3 Å². The second-order valence-corrected chi connectivity index (χ2v) is 7.72. The number of carbonyl (C=O) groups excluding carboxylic acids is 2. The molecule has 3 heterocycles. The molecule has 2 amide bonds. The predicted octanol–water partition coefficient (Wildman–Crippen LogP) is 4.19. The first-order chi connectivity index (χ1) is 14.1. The normalized spacial score (nSPS) is 12.8. The highest BCUT2D eigenvalue weighted by Crippen LogP contribution is 2.40. The Labute approximate surface area is 177 Å². The van der Waals surface area contributed by atoms with Crippen LogP contribution in [0.25, 0.3) is 0 Å². The summed E-state index contributed by atoms with van der Waals surface area (Å²) in [5.74, 6) is -0.350. The van der Waals surface area contributed by atoms with Gasteiger partial charge < -0.3 is 10.2 Å². The quantitative estimate of drug-likeness (QED) is 0.635. The number of anilines is 1. The van der Waals surface area contributed by atoms with Gasteiger partial charge in [-0.15, -0.1) is 0 Å². The van der Waals surface area contributed by atoms with Crippen LogP contribution in [0.1, 0.15) is 33.2 Å². The van der Waals surface area contributed by atoms with E-state index in [4.69, 9.17) is 11.6 Å². The van der Waals surface area contributed by atoms with Crippen LogP contribution < -0.4 is 10.2 Å². The van der Waals surface area contributed by atoms with Gasteiger partial charge in [0.25, 0.3) is 11.8 Å². The Morgan fingerprint density at radius 3 is 2.76 bits per heavy atom. The van der Waals surface area contributed by atoms with Gasteiger partial charge >= 0.3 is 0 Å². The van der Waals surface area contributed by atoms with Crippen LogP contribution in [0, 0.1) is 0 Å². The number of benzene rings is 1. The minimum atomic E-state index is -0.289. The number of halogens is 1. The molecule has 1 aliphatic heterocycles. The topological polar surface area (TPSA) is 75.2 Å². The van der Waals surface area contributed by atoms with Gasteiger partial charge in [0.05, 0.1) is 16.8 Å². The zero-order valence-corrected chi connectivity index (χ0v) is 17.1. The molecule has 0 radical (unpaired) electrons. The van der Waals surface area contributed by atoms with Crippen molar-refractivity contribution in [3.63, 3.8) is 0 Å². The van der Waals surface area contributed by atoms with E-state index in [0.717, 1.165) is 16.1 Å². The van der Waals surface area contributed by atoms with Gasteiger partial charge in [-0.1, -0.05) is 29.4 Å². The highest BCUT2D eigenvalue weighted by Gasteiger charge is 2.27. The van der Waals surface area contributed by atoms with Crippen LogP contribution in [0.3, 0.4) is 0 Å². The number of aromatic nitrogens is 2. The molecule has 1 N–H and O–H groups in total. The molecular weight excluding hydrogens is 408 g/mol. The second-order valence-electron chi connectivity index (χ2n) is 6.33. The first-order valence-electron chi connectivity index (χ1n) is 9.05. The Morgan fingerprint density at radius 1 is 1.17 bits per heavy atom. The summed E-state index contributed by atoms with van der Waals surface area (Å²) in [6.07, 6.45) is 3.22. The van der Waals surface area contributed by atoms with E-state index in [1.807, 2.05) is 25.1 Å². The summed E-state index contributed by atoms with van der Waals surface area (Å²) in [6.45, 7) is 2.82. The lowest BCUT2D eigenvalue weighted by molar-refractivity contribution is 0.0949. The molecule has 1 aromatic carbocycles. The third-order valence-electron chi connectivity index (χ3n) is 4.54. The monoisotopic (exact) mass is 424 g/mol. The fourth-order valence-electron chi connectivity index (χ4n) is 3.11. The number of hydrogen-bond acceptors (Lipinski definition) is 5. The van der Waals surface area contributed by atoms with Crippen molar-refractivity contribution in [1.29, 1.82) is 0 Å². The van der Waals surface area contributed by atoms with Crippen molar-refractivity contribution in [3.8, 4) is 0 Å². The van der Waals surface area contributed by atoms with Crippen molar-refractivity contribution >= 4 is 40.9 Å². The fourth-order valence-corrected chi connectivity index (χ4v) is 4.40. The average molecular weight is 425 g/mol. The molecule has 0 atom stereocenters. The molecule has 1 aliphatic rings. The summed E-state index contributed by atoms with van der Waals surface area (Å²) in [5.41, 5.74) is 2.68. The molecule has 6 nitrogen and oxygen atoms in total. The Kier molecular flexibility index (Phi) is 5.51. The molecular formula is C21H17ClN4O2S. The van der Waals surface area contributed by atoms with Crippen molar-refractivity contribution in [3.05, 3.63) is 76.7 Å². The standard InChI is InChI=1S/C21H17ClN4O2S/c1-2-26-16-8-7-13(12-25-19(27)14-5-3-9-23-18(14)22)11-17(16)29-20-15(21(26)28)6-4-10-24-20/h3-11H,2,12H2,1H3,(H,25,27). The summed E-state index contributed by atoms with van der Waals surface area (Å²) in [5, 5.41) is 3.71. The molecule has 0 spiro atoms. The van der Waals surface area contributed by atoms with Crippen LogP contribution in [0.15, 0.2) is 64.8 Å². The first kappa shape index (κ1) is 19.4. The third kappa shape index (κ3) is 3.83. The van der Waals surface area contributed by atoms with Crippen LogP contribution >= 0.6 is 23.4 Å². The zero-order valence-electron chi connectivity index (χ0n) is 15.6. The Balaban J connectivity index is 1.60. The Hall–Kier alpha value is -2.90. The number of fused-ring (bicyclic) bond motifs is 2. The van der Waals surface area contributed by atoms with E-state index in [1.165, 1.54) is 18.0 Å². The molecule has 0 aliphatic carbocycles. The van der Waals surface area contributed by atoms with Gasteiger partial charge in [0.2, 0.25) is 0 Å². The SMILES string of the molecule is CCN1C(=O)c2cccnc2Sc2cc(CNC(=O)c3cccnc3Cl)ccc21. The number of nitrogens with zero attached hydrogens (tertiary/aromatic N) is 3. The van der Waals surface area contributed by atoms with E-state index in [-0.39, 0.29) is 17.0 Å². The minimum Gasteiger partial charge on any atom is -0.348 e. The predicted molar refractivity (Wildman–Crippen MR) is 113 cm³/mol.